The van der Waals surface area contributed by atoms with E-state index in [-0.39, 0.29) is 6.04 Å². The number of nitrogens with zero attached hydrogens (tertiary/aromatic N) is 2. The van der Waals surface area contributed by atoms with Crippen molar-refractivity contribution in [3.63, 3.8) is 0 Å². The maximum atomic E-state index is 6.13. The molecule has 3 nitrogen and oxygen atoms in total. The fourth-order valence-corrected chi connectivity index (χ4v) is 11.8. The monoisotopic (exact) mass is 766 g/mol. The molecule has 2 aliphatic heterocycles. The Bertz CT molecular complexity index is 3130. The van der Waals surface area contributed by atoms with Gasteiger partial charge in [-0.3, -0.25) is 0 Å². The summed E-state index contributed by atoms with van der Waals surface area (Å²) >= 11 is 3.98. The van der Waals surface area contributed by atoms with Gasteiger partial charge in [-0.25, -0.2) is 0 Å². The molecule has 0 spiro atoms. The molecule has 0 fully saturated rings. The van der Waals surface area contributed by atoms with E-state index in [1.54, 1.807) is 0 Å². The van der Waals surface area contributed by atoms with Crippen LogP contribution < -0.4 is 9.80 Å². The second-order valence-corrected chi connectivity index (χ2v) is 17.1. The highest BCUT2D eigenvalue weighted by molar-refractivity contribution is 8.00. The van der Waals surface area contributed by atoms with Crippen LogP contribution in [-0.2, 0) is 0 Å². The zero-order chi connectivity index (χ0) is 37.5. The Morgan fingerprint density at radius 2 is 1.12 bits per heavy atom. The molecule has 0 amide bonds. The summed E-state index contributed by atoms with van der Waals surface area (Å²) in [7, 11) is 0. The fourth-order valence-electron chi connectivity index (χ4n) is 8.96. The SMILES string of the molecule is c1ccc(-c2cccc(N(c3ccc(-c4ccc5oc6ccccc6c5c4)cc3)c3ccc(N4c5c(sc6ccccc56)C5Sc6ccccc6C54)cc3)c2)cc1. The van der Waals surface area contributed by atoms with E-state index < -0.39 is 0 Å². The van der Waals surface area contributed by atoms with Crippen molar-refractivity contribution in [2.75, 3.05) is 9.80 Å². The van der Waals surface area contributed by atoms with Gasteiger partial charge in [0.1, 0.15) is 11.2 Å². The molecule has 0 saturated carbocycles. The lowest BCUT2D eigenvalue weighted by atomic mass is 10.0. The van der Waals surface area contributed by atoms with Crippen LogP contribution in [0.5, 0.6) is 0 Å². The minimum atomic E-state index is 0.258. The van der Waals surface area contributed by atoms with Gasteiger partial charge in [0.25, 0.3) is 0 Å². The number of thioether (sulfide) groups is 1. The van der Waals surface area contributed by atoms with Crippen molar-refractivity contribution in [2.24, 2.45) is 0 Å². The van der Waals surface area contributed by atoms with Crippen molar-refractivity contribution >= 4 is 83.6 Å². The van der Waals surface area contributed by atoms with Crippen LogP contribution in [0, 0.1) is 0 Å². The van der Waals surface area contributed by atoms with E-state index in [1.165, 1.54) is 53.5 Å². The van der Waals surface area contributed by atoms with Crippen LogP contribution >= 0.6 is 23.1 Å². The highest BCUT2D eigenvalue weighted by atomic mass is 32.2. The van der Waals surface area contributed by atoms with Crippen LogP contribution in [0.3, 0.4) is 0 Å². The Morgan fingerprint density at radius 3 is 1.98 bits per heavy atom. The van der Waals surface area contributed by atoms with E-state index in [0.29, 0.717) is 5.25 Å². The van der Waals surface area contributed by atoms with Crippen molar-refractivity contribution in [3.8, 4) is 22.3 Å². The highest BCUT2D eigenvalue weighted by Crippen LogP contribution is 2.67. The number of para-hydroxylation sites is 1. The standard InChI is InChI=1S/C52H34N2OS2/c1-2-11-33(12-3-1)35-13-10-14-40(31-35)53(37-24-21-34(22-25-37)36-23-30-46-44(32-36)41-15-4-7-18-45(41)55-46)38-26-28-39(29-27-38)54-49-42-16-5-8-19-47(42)56-51(49)52-50(54)43-17-6-9-20-48(43)57-52/h1-32,49,51H. The van der Waals surface area contributed by atoms with Gasteiger partial charge in [-0.15, -0.1) is 23.1 Å². The van der Waals surface area contributed by atoms with Gasteiger partial charge in [0.05, 0.1) is 17.0 Å². The number of hydrogen-bond donors (Lipinski definition) is 0. The molecule has 2 unspecified atom stereocenters. The van der Waals surface area contributed by atoms with Crippen LogP contribution in [-0.4, -0.2) is 0 Å². The summed E-state index contributed by atoms with van der Waals surface area (Å²) in [5, 5.41) is 3.99. The third-order valence-corrected chi connectivity index (χ3v) is 14.3. The van der Waals surface area contributed by atoms with Crippen molar-refractivity contribution in [3.05, 3.63) is 205 Å². The molecule has 2 aromatic heterocycles. The summed E-state index contributed by atoms with van der Waals surface area (Å²) in [6.07, 6.45) is 0. The number of thiophene rings is 1. The molecule has 0 N–H and O–H groups in total. The maximum Gasteiger partial charge on any atom is 0.135 e. The quantitative estimate of drug-likeness (QED) is 0.168. The second kappa shape index (κ2) is 13.0. The van der Waals surface area contributed by atoms with Gasteiger partial charge >= 0.3 is 0 Å². The summed E-state index contributed by atoms with van der Waals surface area (Å²) in [5.74, 6) is 0. The molecule has 12 rings (SSSR count). The van der Waals surface area contributed by atoms with E-state index in [9.17, 15) is 0 Å². The Morgan fingerprint density at radius 1 is 0.474 bits per heavy atom. The first-order valence-corrected chi connectivity index (χ1v) is 21.1. The first-order valence-electron chi connectivity index (χ1n) is 19.4. The Balaban J connectivity index is 0.960. The summed E-state index contributed by atoms with van der Waals surface area (Å²) in [5.41, 5.74) is 13.8. The minimum absolute atomic E-state index is 0.258. The fraction of sp³-hybridized carbons (Fsp3) is 0.0385. The molecule has 0 saturated heterocycles. The molecule has 2 atom stereocenters. The van der Waals surface area contributed by atoms with Gasteiger partial charge in [0.2, 0.25) is 0 Å². The van der Waals surface area contributed by atoms with Crippen LogP contribution in [0.4, 0.5) is 28.4 Å². The van der Waals surface area contributed by atoms with Crippen LogP contribution in [0.15, 0.2) is 203 Å². The minimum Gasteiger partial charge on any atom is -0.456 e. The maximum absolute atomic E-state index is 6.13. The van der Waals surface area contributed by atoms with Crippen molar-refractivity contribution in [1.29, 1.82) is 0 Å². The molecule has 4 heterocycles. The number of fused-ring (bicyclic) bond motifs is 10. The molecular weight excluding hydrogens is 733 g/mol. The van der Waals surface area contributed by atoms with Gasteiger partial charge in [-0.2, -0.15) is 0 Å². The van der Waals surface area contributed by atoms with Crippen molar-refractivity contribution in [2.45, 2.75) is 16.2 Å². The first kappa shape index (κ1) is 32.7. The normalized spacial score (nSPS) is 15.6. The number of benzene rings is 8. The Labute approximate surface area is 339 Å². The third-order valence-electron chi connectivity index (χ3n) is 11.6. The van der Waals surface area contributed by atoms with E-state index in [2.05, 4.69) is 192 Å². The molecule has 0 bridgehead atoms. The molecular formula is C52H34N2OS2. The number of anilines is 5. The van der Waals surface area contributed by atoms with E-state index in [1.807, 2.05) is 35.2 Å². The second-order valence-electron chi connectivity index (χ2n) is 14.8. The van der Waals surface area contributed by atoms with Gasteiger partial charge in [-0.05, 0) is 107 Å². The largest absolute Gasteiger partial charge is 0.456 e. The topological polar surface area (TPSA) is 19.6 Å². The van der Waals surface area contributed by atoms with Gasteiger partial charge in [0, 0.05) is 53.4 Å². The van der Waals surface area contributed by atoms with Crippen molar-refractivity contribution < 1.29 is 4.42 Å². The van der Waals surface area contributed by atoms with E-state index in [0.717, 1.165) is 44.6 Å². The van der Waals surface area contributed by atoms with Crippen LogP contribution in [0.25, 0.3) is 54.3 Å². The number of rotatable bonds is 6. The summed E-state index contributed by atoms with van der Waals surface area (Å²) in [6, 6.07) is 70.7. The molecule has 2 aliphatic rings. The predicted molar refractivity (Wildman–Crippen MR) is 241 cm³/mol. The number of hydrogen-bond acceptors (Lipinski definition) is 5. The molecule has 0 radical (unpaired) electrons. The van der Waals surface area contributed by atoms with Gasteiger partial charge in [-0.1, -0.05) is 115 Å². The van der Waals surface area contributed by atoms with Gasteiger partial charge < -0.3 is 14.2 Å². The lowest BCUT2D eigenvalue weighted by Gasteiger charge is -2.30. The highest BCUT2D eigenvalue weighted by Gasteiger charge is 2.48. The zero-order valence-electron chi connectivity index (χ0n) is 30.7. The number of furan rings is 1. The molecule has 10 aromatic rings. The molecule has 8 aromatic carbocycles. The average Bonchev–Trinajstić information content (AvgIpc) is 4.03. The summed E-state index contributed by atoms with van der Waals surface area (Å²) in [4.78, 5) is 7.87. The molecule has 270 valence electrons. The summed E-state index contributed by atoms with van der Waals surface area (Å²) < 4.78 is 7.48. The lowest BCUT2D eigenvalue weighted by Crippen LogP contribution is -2.19. The lowest BCUT2D eigenvalue weighted by molar-refractivity contribution is 0.669. The molecule has 0 aliphatic carbocycles. The van der Waals surface area contributed by atoms with E-state index in [4.69, 9.17) is 4.42 Å². The van der Waals surface area contributed by atoms with Gasteiger partial charge in [0.15, 0.2) is 0 Å². The predicted octanol–water partition coefficient (Wildman–Crippen LogP) is 15.6. The average molecular weight is 767 g/mol. The van der Waals surface area contributed by atoms with Crippen molar-refractivity contribution in [1.82, 2.24) is 0 Å². The smallest absolute Gasteiger partial charge is 0.135 e. The molecule has 57 heavy (non-hydrogen) atoms. The Hall–Kier alpha value is -6.53. The first-order chi connectivity index (χ1) is 28.2. The zero-order valence-corrected chi connectivity index (χ0v) is 32.4. The van der Waals surface area contributed by atoms with Crippen LogP contribution in [0.2, 0.25) is 0 Å². The summed E-state index contributed by atoms with van der Waals surface area (Å²) in [6.45, 7) is 0. The Kier molecular flexibility index (Phi) is 7.47. The molecule has 5 heteroatoms. The third kappa shape index (κ3) is 5.27. The van der Waals surface area contributed by atoms with Crippen LogP contribution in [0.1, 0.15) is 21.7 Å². The van der Waals surface area contributed by atoms with E-state index >= 15 is 0 Å².